The molecule has 20 heavy (non-hydrogen) atoms. The Labute approximate surface area is 124 Å². The summed E-state index contributed by atoms with van der Waals surface area (Å²) in [6.45, 7) is 5.95. The van der Waals surface area contributed by atoms with E-state index in [-0.39, 0.29) is 5.82 Å². The Morgan fingerprint density at radius 3 is 2.60 bits per heavy atom. The monoisotopic (exact) mass is 291 g/mol. The Hall–Kier alpha value is -1.38. The van der Waals surface area contributed by atoms with Gasteiger partial charge in [0.1, 0.15) is 5.82 Å². The van der Waals surface area contributed by atoms with Gasteiger partial charge in [-0.25, -0.2) is 4.39 Å². The first-order chi connectivity index (χ1) is 9.61. The van der Waals surface area contributed by atoms with Crippen molar-refractivity contribution in [3.63, 3.8) is 0 Å². The minimum atomic E-state index is -0.308. The minimum absolute atomic E-state index is 0.308. The van der Waals surface area contributed by atoms with E-state index in [9.17, 15) is 4.39 Å². The maximum Gasteiger partial charge on any atom is 0.124 e. The lowest BCUT2D eigenvalue weighted by atomic mass is 9.97. The molecule has 2 aromatic rings. The summed E-state index contributed by atoms with van der Waals surface area (Å²) in [5, 5.41) is 3.85. The molecule has 0 aromatic heterocycles. The fourth-order valence-electron chi connectivity index (χ4n) is 2.20. The summed E-state index contributed by atoms with van der Waals surface area (Å²) in [4.78, 5) is 0. The van der Waals surface area contributed by atoms with E-state index in [1.54, 1.807) is 6.07 Å². The highest BCUT2D eigenvalue weighted by atomic mass is 35.5. The summed E-state index contributed by atoms with van der Waals surface area (Å²) in [6.07, 6.45) is 1.10. The van der Waals surface area contributed by atoms with Gasteiger partial charge in [0.05, 0.1) is 5.02 Å². The Kier molecular flexibility index (Phi) is 5.16. The van der Waals surface area contributed by atoms with Gasteiger partial charge in [0.2, 0.25) is 0 Å². The molecule has 0 aliphatic heterocycles. The van der Waals surface area contributed by atoms with Crippen molar-refractivity contribution in [3.05, 3.63) is 58.4 Å². The topological polar surface area (TPSA) is 12.0 Å². The highest BCUT2D eigenvalue weighted by Crippen LogP contribution is 2.31. The van der Waals surface area contributed by atoms with Crippen molar-refractivity contribution in [2.24, 2.45) is 0 Å². The zero-order valence-electron chi connectivity index (χ0n) is 11.8. The van der Waals surface area contributed by atoms with E-state index in [1.807, 2.05) is 6.92 Å². The zero-order valence-corrected chi connectivity index (χ0v) is 12.6. The molecular weight excluding hydrogens is 273 g/mol. The number of nitrogens with one attached hydrogen (secondary N) is 1. The number of rotatable bonds is 5. The molecule has 1 N–H and O–H groups in total. The molecule has 0 aliphatic carbocycles. The zero-order chi connectivity index (χ0) is 14.5. The van der Waals surface area contributed by atoms with Crippen LogP contribution in [0.15, 0.2) is 36.4 Å². The van der Waals surface area contributed by atoms with Crippen LogP contribution in [0.3, 0.4) is 0 Å². The second-order valence-electron chi connectivity index (χ2n) is 4.96. The van der Waals surface area contributed by atoms with Crippen molar-refractivity contribution in [1.82, 2.24) is 5.32 Å². The minimum Gasteiger partial charge on any atom is -0.313 e. The first-order valence-electron chi connectivity index (χ1n) is 6.87. The molecule has 0 spiro atoms. The molecular formula is C17H19ClFN. The van der Waals surface area contributed by atoms with E-state index >= 15 is 0 Å². The summed E-state index contributed by atoms with van der Waals surface area (Å²) < 4.78 is 13.2. The number of benzene rings is 2. The van der Waals surface area contributed by atoms with E-state index in [0.29, 0.717) is 5.02 Å². The van der Waals surface area contributed by atoms with Crippen LogP contribution in [-0.4, -0.2) is 6.54 Å². The Morgan fingerprint density at radius 1 is 1.10 bits per heavy atom. The van der Waals surface area contributed by atoms with Crippen LogP contribution in [0.4, 0.5) is 4.39 Å². The first-order valence-corrected chi connectivity index (χ1v) is 7.25. The van der Waals surface area contributed by atoms with Gasteiger partial charge in [-0.15, -0.1) is 0 Å². The third-order valence-electron chi connectivity index (χ3n) is 3.23. The predicted octanol–water partition coefficient (Wildman–Crippen LogP) is 4.95. The van der Waals surface area contributed by atoms with Crippen LogP contribution in [0.2, 0.25) is 5.02 Å². The molecule has 0 saturated carbocycles. The maximum atomic E-state index is 13.2. The highest BCUT2D eigenvalue weighted by molar-refractivity contribution is 6.33. The normalized spacial score (nSPS) is 10.8. The molecule has 0 unspecified atom stereocenters. The first kappa shape index (κ1) is 15.0. The summed E-state index contributed by atoms with van der Waals surface area (Å²) in [5.74, 6) is -0.308. The predicted molar refractivity (Wildman–Crippen MR) is 83.6 cm³/mol. The summed E-state index contributed by atoms with van der Waals surface area (Å²) in [6, 6.07) is 10.9. The Bertz CT molecular complexity index is 596. The van der Waals surface area contributed by atoms with Gasteiger partial charge in [-0.3, -0.25) is 0 Å². The number of hydrogen-bond acceptors (Lipinski definition) is 1. The van der Waals surface area contributed by atoms with Crippen LogP contribution in [0.5, 0.6) is 0 Å². The molecule has 0 bridgehead atoms. The second kappa shape index (κ2) is 6.87. The number of aryl methyl sites for hydroxylation is 1. The molecule has 0 aliphatic rings. The molecule has 2 aromatic carbocycles. The third-order valence-corrected chi connectivity index (χ3v) is 3.54. The fourth-order valence-corrected chi connectivity index (χ4v) is 2.47. The standard InChI is InChI=1S/C17H19ClFN/c1-3-8-20-11-13-5-4-12(2)9-16(13)15-7-6-14(19)10-17(15)18/h4-7,9-10,20H,3,8,11H2,1-2H3. The van der Waals surface area contributed by atoms with E-state index in [0.717, 1.165) is 30.6 Å². The van der Waals surface area contributed by atoms with E-state index in [1.165, 1.54) is 23.3 Å². The lowest BCUT2D eigenvalue weighted by molar-refractivity contribution is 0.628. The summed E-state index contributed by atoms with van der Waals surface area (Å²) in [5.41, 5.74) is 4.29. The lowest BCUT2D eigenvalue weighted by Gasteiger charge is -2.13. The summed E-state index contributed by atoms with van der Waals surface area (Å²) in [7, 11) is 0. The highest BCUT2D eigenvalue weighted by Gasteiger charge is 2.10. The fraction of sp³-hybridized carbons (Fsp3) is 0.294. The van der Waals surface area contributed by atoms with Crippen LogP contribution in [-0.2, 0) is 6.54 Å². The molecule has 3 heteroatoms. The number of hydrogen-bond donors (Lipinski definition) is 1. The van der Waals surface area contributed by atoms with Gasteiger partial charge in [-0.05, 0) is 49.2 Å². The third kappa shape index (κ3) is 3.59. The van der Waals surface area contributed by atoms with Crippen LogP contribution >= 0.6 is 11.6 Å². The number of halogens is 2. The van der Waals surface area contributed by atoms with Crippen LogP contribution in [0.25, 0.3) is 11.1 Å². The smallest absolute Gasteiger partial charge is 0.124 e. The average Bonchev–Trinajstić information content (AvgIpc) is 2.41. The van der Waals surface area contributed by atoms with Crippen LogP contribution in [0.1, 0.15) is 24.5 Å². The second-order valence-corrected chi connectivity index (χ2v) is 5.37. The van der Waals surface area contributed by atoms with Crippen LogP contribution in [0, 0.1) is 12.7 Å². The van der Waals surface area contributed by atoms with E-state index < -0.39 is 0 Å². The van der Waals surface area contributed by atoms with Gasteiger partial charge in [-0.1, -0.05) is 42.3 Å². The average molecular weight is 292 g/mol. The molecule has 106 valence electrons. The van der Waals surface area contributed by atoms with Crippen molar-refractivity contribution in [3.8, 4) is 11.1 Å². The maximum absolute atomic E-state index is 13.2. The molecule has 0 amide bonds. The SMILES string of the molecule is CCCNCc1ccc(C)cc1-c1ccc(F)cc1Cl. The van der Waals surface area contributed by atoms with Crippen LogP contribution < -0.4 is 5.32 Å². The Balaban J connectivity index is 2.40. The van der Waals surface area contributed by atoms with Gasteiger partial charge in [0.25, 0.3) is 0 Å². The molecule has 0 fully saturated rings. The van der Waals surface area contributed by atoms with Crippen molar-refractivity contribution < 1.29 is 4.39 Å². The van der Waals surface area contributed by atoms with Crippen molar-refractivity contribution >= 4 is 11.6 Å². The van der Waals surface area contributed by atoms with E-state index in [2.05, 4.69) is 30.4 Å². The summed E-state index contributed by atoms with van der Waals surface area (Å²) >= 11 is 6.19. The molecule has 0 radical (unpaired) electrons. The van der Waals surface area contributed by atoms with Gasteiger partial charge in [0, 0.05) is 12.1 Å². The van der Waals surface area contributed by atoms with Crippen molar-refractivity contribution in [2.45, 2.75) is 26.8 Å². The van der Waals surface area contributed by atoms with Gasteiger partial charge in [0.15, 0.2) is 0 Å². The quantitative estimate of drug-likeness (QED) is 0.768. The molecule has 0 atom stereocenters. The lowest BCUT2D eigenvalue weighted by Crippen LogP contribution is -2.14. The van der Waals surface area contributed by atoms with Gasteiger partial charge < -0.3 is 5.32 Å². The molecule has 0 saturated heterocycles. The molecule has 0 heterocycles. The van der Waals surface area contributed by atoms with E-state index in [4.69, 9.17) is 11.6 Å². The van der Waals surface area contributed by atoms with Gasteiger partial charge >= 0.3 is 0 Å². The Morgan fingerprint density at radius 2 is 1.90 bits per heavy atom. The molecule has 1 nitrogen and oxygen atoms in total. The largest absolute Gasteiger partial charge is 0.313 e. The van der Waals surface area contributed by atoms with Gasteiger partial charge in [-0.2, -0.15) is 0 Å². The van der Waals surface area contributed by atoms with Crippen molar-refractivity contribution in [1.29, 1.82) is 0 Å². The van der Waals surface area contributed by atoms with Crippen molar-refractivity contribution in [2.75, 3.05) is 6.54 Å². The molecule has 2 rings (SSSR count).